The molecule has 0 bridgehead atoms. The molecule has 3 aromatic heterocycles. The van der Waals surface area contributed by atoms with Gasteiger partial charge in [-0.3, -0.25) is 5.32 Å². The molecule has 0 unspecified atom stereocenters. The van der Waals surface area contributed by atoms with Crippen LogP contribution in [0, 0.1) is 0 Å². The second kappa shape index (κ2) is 11.4. The van der Waals surface area contributed by atoms with Crippen molar-refractivity contribution in [2.45, 2.75) is 19.3 Å². The molecule has 200 valence electrons. The van der Waals surface area contributed by atoms with E-state index in [0.29, 0.717) is 24.3 Å². The van der Waals surface area contributed by atoms with E-state index in [1.165, 1.54) is 12.4 Å². The number of benzene rings is 1. The lowest BCUT2D eigenvalue weighted by Crippen LogP contribution is -2.21. The van der Waals surface area contributed by atoms with E-state index in [4.69, 9.17) is 15.6 Å². The van der Waals surface area contributed by atoms with Crippen LogP contribution in [-0.4, -0.2) is 51.0 Å². The molecular formula is C24H25F3N8O3. The molecule has 0 saturated heterocycles. The van der Waals surface area contributed by atoms with E-state index in [2.05, 4.69) is 31.0 Å². The van der Waals surface area contributed by atoms with Crippen molar-refractivity contribution in [2.75, 3.05) is 36.6 Å². The number of ether oxygens (including phenoxy) is 1. The first-order valence-electron chi connectivity index (χ1n) is 11.4. The maximum absolute atomic E-state index is 12.9. The summed E-state index contributed by atoms with van der Waals surface area (Å²) in [4.78, 5) is 19.9. The fraction of sp³-hybridized carbons (Fsp3) is 0.250. The standard InChI is InChI=1S/C24H25F3N8O3/c1-38-12-16-17(11-29-9-10-36)35-21(22(28)30-13-31-35)20(16)14-5-7-15(8-6-14)32-23(37)34-19-4-2-3-18(33-19)24(25,26)27/h2-8,13,29,36H,9-12H2,1H3,(H2,28,30,31)(H2,32,33,34,37). The molecule has 4 aromatic rings. The predicted octanol–water partition coefficient (Wildman–Crippen LogP) is 3.26. The number of aromatic nitrogens is 4. The third-order valence-electron chi connectivity index (χ3n) is 5.54. The number of aliphatic hydroxyl groups is 1. The van der Waals surface area contributed by atoms with Crippen LogP contribution < -0.4 is 21.7 Å². The zero-order chi connectivity index (χ0) is 27.3. The second-order valence-corrected chi connectivity index (χ2v) is 8.10. The smallest absolute Gasteiger partial charge is 0.395 e. The molecular weight excluding hydrogens is 505 g/mol. The monoisotopic (exact) mass is 530 g/mol. The number of methoxy groups -OCH3 is 1. The van der Waals surface area contributed by atoms with E-state index in [9.17, 15) is 18.0 Å². The summed E-state index contributed by atoms with van der Waals surface area (Å²) in [6.07, 6.45) is -3.28. The van der Waals surface area contributed by atoms with E-state index >= 15 is 0 Å². The first-order valence-corrected chi connectivity index (χ1v) is 11.4. The molecule has 0 aliphatic heterocycles. The van der Waals surface area contributed by atoms with Gasteiger partial charge in [0.25, 0.3) is 0 Å². The number of nitrogens with zero attached hydrogens (tertiary/aromatic N) is 4. The number of aliphatic hydroxyl groups excluding tert-OH is 1. The number of hydrogen-bond acceptors (Lipinski definition) is 8. The van der Waals surface area contributed by atoms with E-state index in [0.717, 1.165) is 34.5 Å². The first-order chi connectivity index (χ1) is 18.2. The Labute approximate surface area is 214 Å². The molecule has 1 aromatic carbocycles. The summed E-state index contributed by atoms with van der Waals surface area (Å²) in [6.45, 7) is 0.994. The normalized spacial score (nSPS) is 11.6. The van der Waals surface area contributed by atoms with Crippen LogP contribution in [0.4, 0.5) is 35.3 Å². The molecule has 0 radical (unpaired) electrons. The molecule has 0 aliphatic carbocycles. The maximum Gasteiger partial charge on any atom is 0.433 e. The van der Waals surface area contributed by atoms with Gasteiger partial charge < -0.3 is 26.2 Å². The Hall–Kier alpha value is -4.27. The lowest BCUT2D eigenvalue weighted by Gasteiger charge is -2.11. The highest BCUT2D eigenvalue weighted by Crippen LogP contribution is 2.36. The molecule has 0 fully saturated rings. The van der Waals surface area contributed by atoms with Crippen molar-refractivity contribution in [1.82, 2.24) is 24.9 Å². The van der Waals surface area contributed by atoms with Crippen LogP contribution in [0.1, 0.15) is 17.0 Å². The van der Waals surface area contributed by atoms with Crippen LogP contribution in [-0.2, 0) is 24.1 Å². The third kappa shape index (κ3) is 5.82. The van der Waals surface area contributed by atoms with Gasteiger partial charge in [0.05, 0.1) is 18.9 Å². The van der Waals surface area contributed by atoms with Gasteiger partial charge in [0.2, 0.25) is 0 Å². The van der Waals surface area contributed by atoms with Crippen LogP contribution in [0.2, 0.25) is 0 Å². The number of anilines is 3. The predicted molar refractivity (Wildman–Crippen MR) is 134 cm³/mol. The number of rotatable bonds is 9. The van der Waals surface area contributed by atoms with Crippen molar-refractivity contribution in [3.63, 3.8) is 0 Å². The van der Waals surface area contributed by atoms with Gasteiger partial charge in [0.1, 0.15) is 23.4 Å². The highest BCUT2D eigenvalue weighted by molar-refractivity contribution is 5.99. The number of hydrogen-bond donors (Lipinski definition) is 5. The Morgan fingerprint density at radius 2 is 1.92 bits per heavy atom. The average Bonchev–Trinajstić information content (AvgIpc) is 3.19. The van der Waals surface area contributed by atoms with Gasteiger partial charge in [-0.05, 0) is 29.8 Å². The molecule has 2 amide bonds. The molecule has 0 saturated carbocycles. The highest BCUT2D eigenvalue weighted by Gasteiger charge is 2.32. The number of carbonyl (C=O) groups excluding carboxylic acids is 1. The number of amides is 2. The molecule has 3 heterocycles. The van der Waals surface area contributed by atoms with Crippen molar-refractivity contribution < 1.29 is 27.8 Å². The van der Waals surface area contributed by atoms with Crippen LogP contribution >= 0.6 is 0 Å². The minimum atomic E-state index is -4.63. The quantitative estimate of drug-likeness (QED) is 0.207. The van der Waals surface area contributed by atoms with Gasteiger partial charge in [-0.15, -0.1) is 0 Å². The van der Waals surface area contributed by atoms with Crippen molar-refractivity contribution in [1.29, 1.82) is 0 Å². The summed E-state index contributed by atoms with van der Waals surface area (Å²) in [5.41, 5.74) is 9.18. The molecule has 6 N–H and O–H groups in total. The maximum atomic E-state index is 12.9. The number of alkyl halides is 3. The van der Waals surface area contributed by atoms with Crippen LogP contribution in [0.25, 0.3) is 16.6 Å². The summed E-state index contributed by atoms with van der Waals surface area (Å²) in [5.74, 6) is 0.0205. The third-order valence-corrected chi connectivity index (χ3v) is 5.54. The number of carbonyl (C=O) groups is 1. The topological polar surface area (TPSA) is 152 Å². The molecule has 11 nitrogen and oxygen atoms in total. The summed E-state index contributed by atoms with van der Waals surface area (Å²) in [6, 6.07) is 9.26. The SMILES string of the molecule is COCc1c(-c2ccc(NC(=O)Nc3cccc(C(F)(F)F)n3)cc2)c2c(N)ncnn2c1CNCCO. The zero-order valence-corrected chi connectivity index (χ0v) is 20.2. The largest absolute Gasteiger partial charge is 0.433 e. The molecule has 0 spiro atoms. The number of pyridine rings is 1. The van der Waals surface area contributed by atoms with Crippen molar-refractivity contribution in [3.8, 4) is 11.1 Å². The fourth-order valence-corrected chi connectivity index (χ4v) is 3.96. The van der Waals surface area contributed by atoms with Crippen molar-refractivity contribution >= 4 is 28.9 Å². The number of halogens is 3. The number of nitrogens with two attached hydrogens (primary N) is 1. The lowest BCUT2D eigenvalue weighted by atomic mass is 10.0. The number of nitrogen functional groups attached to an aromatic ring is 1. The van der Waals surface area contributed by atoms with Gasteiger partial charge in [0, 0.05) is 37.0 Å². The number of fused-ring (bicyclic) bond motifs is 1. The summed E-state index contributed by atoms with van der Waals surface area (Å²) < 4.78 is 45.8. The van der Waals surface area contributed by atoms with Gasteiger partial charge in [-0.25, -0.2) is 19.3 Å². The van der Waals surface area contributed by atoms with Gasteiger partial charge >= 0.3 is 12.2 Å². The zero-order valence-electron chi connectivity index (χ0n) is 20.2. The van der Waals surface area contributed by atoms with Crippen LogP contribution in [0.15, 0.2) is 48.8 Å². The number of nitrogens with one attached hydrogen (secondary N) is 3. The lowest BCUT2D eigenvalue weighted by molar-refractivity contribution is -0.141. The Morgan fingerprint density at radius 3 is 2.61 bits per heavy atom. The van der Waals surface area contributed by atoms with E-state index in [1.807, 2.05) is 0 Å². The van der Waals surface area contributed by atoms with Crippen molar-refractivity contribution in [3.05, 3.63) is 65.7 Å². The molecule has 38 heavy (non-hydrogen) atoms. The van der Waals surface area contributed by atoms with Gasteiger partial charge in [-0.2, -0.15) is 18.3 Å². The summed E-state index contributed by atoms with van der Waals surface area (Å²) in [7, 11) is 1.57. The first kappa shape index (κ1) is 26.8. The van der Waals surface area contributed by atoms with Crippen molar-refractivity contribution in [2.24, 2.45) is 0 Å². The van der Waals surface area contributed by atoms with E-state index < -0.39 is 17.9 Å². The molecule has 0 atom stereocenters. The minimum absolute atomic E-state index is 0.0290. The van der Waals surface area contributed by atoms with E-state index in [1.54, 1.807) is 35.9 Å². The summed E-state index contributed by atoms with van der Waals surface area (Å²) in [5, 5.41) is 21.5. The Kier molecular flexibility index (Phi) is 8.05. The second-order valence-electron chi connectivity index (χ2n) is 8.10. The fourth-order valence-electron chi connectivity index (χ4n) is 3.96. The van der Waals surface area contributed by atoms with Gasteiger partial charge in [0.15, 0.2) is 5.82 Å². The molecule has 4 rings (SSSR count). The van der Waals surface area contributed by atoms with Crippen LogP contribution in [0.5, 0.6) is 0 Å². The van der Waals surface area contributed by atoms with Crippen LogP contribution in [0.3, 0.4) is 0 Å². The highest BCUT2D eigenvalue weighted by atomic mass is 19.4. The van der Waals surface area contributed by atoms with E-state index in [-0.39, 0.29) is 24.8 Å². The molecule has 14 heteroatoms. The Bertz CT molecular complexity index is 1420. The number of urea groups is 1. The Balaban J connectivity index is 1.60. The minimum Gasteiger partial charge on any atom is -0.395 e. The average molecular weight is 531 g/mol. The summed E-state index contributed by atoms with van der Waals surface area (Å²) >= 11 is 0. The molecule has 0 aliphatic rings. The Morgan fingerprint density at radius 1 is 1.16 bits per heavy atom. The van der Waals surface area contributed by atoms with Gasteiger partial charge in [-0.1, -0.05) is 18.2 Å².